The Morgan fingerprint density at radius 3 is 1.08 bits per heavy atom. The van der Waals surface area contributed by atoms with Crippen molar-refractivity contribution in [1.29, 1.82) is 0 Å². The van der Waals surface area contributed by atoms with Gasteiger partial charge in [-0.1, -0.05) is 62.3 Å². The molecule has 1 N–H and O–H groups in total. The third kappa shape index (κ3) is 9.96. The molecular formula is C106H146O15. The van der Waals surface area contributed by atoms with Crippen LogP contribution in [0.15, 0.2) is 0 Å². The van der Waals surface area contributed by atoms with Gasteiger partial charge in [0.15, 0.2) is 0 Å². The molecule has 3 spiro atoms. The molecule has 15 heteroatoms. The molecule has 660 valence electrons. The van der Waals surface area contributed by atoms with Crippen LogP contribution >= 0.6 is 0 Å². The maximum atomic E-state index is 12.0. The van der Waals surface area contributed by atoms with Crippen LogP contribution in [0.2, 0.25) is 0 Å². The van der Waals surface area contributed by atoms with E-state index >= 15 is 0 Å². The van der Waals surface area contributed by atoms with Gasteiger partial charge in [-0.25, -0.2) is 0 Å². The van der Waals surface area contributed by atoms with Gasteiger partial charge in [0.1, 0.15) is 0 Å². The van der Waals surface area contributed by atoms with Gasteiger partial charge in [0.25, 0.3) is 0 Å². The molecule has 7 heterocycles. The van der Waals surface area contributed by atoms with Crippen LogP contribution in [0.1, 0.15) is 210 Å². The highest BCUT2D eigenvalue weighted by Crippen LogP contribution is 2.81. The van der Waals surface area contributed by atoms with Crippen LogP contribution in [-0.4, -0.2) is 99.7 Å². The zero-order chi connectivity index (χ0) is 81.7. The lowest BCUT2D eigenvalue weighted by atomic mass is 9.59. The van der Waals surface area contributed by atoms with Crippen molar-refractivity contribution in [3.05, 3.63) is 0 Å². The number of cyclic esters (lactones) is 7. The van der Waals surface area contributed by atoms with E-state index in [2.05, 4.69) is 62.3 Å². The van der Waals surface area contributed by atoms with E-state index < -0.39 is 0 Å². The van der Waals surface area contributed by atoms with Gasteiger partial charge in [-0.3, -0.25) is 33.6 Å². The Balaban J connectivity index is 0.0000000745. The van der Waals surface area contributed by atoms with Gasteiger partial charge in [0.05, 0.1) is 88.2 Å². The Kier molecular flexibility index (Phi) is 16.9. The number of carbonyl (C=O) groups excluding carboxylic acids is 7. The molecule has 26 bridgehead atoms. The summed E-state index contributed by atoms with van der Waals surface area (Å²) in [5, 5.41) is 9.70. The van der Waals surface area contributed by atoms with Crippen molar-refractivity contribution in [3.63, 3.8) is 0 Å². The van der Waals surface area contributed by atoms with Gasteiger partial charge < -0.3 is 38.3 Å². The summed E-state index contributed by atoms with van der Waals surface area (Å²) in [5.41, 5.74) is 0.528. The standard InChI is InChI=1S/C16H22O3.3C16H22O2.2C15H20O2.C12H18O2/c1-6-7-2-8(11(6)4-17)14-9-3-10(13(7)14)15-12(9)5-19-16(15)18;1-8-2-9-3-11(8)14-10-4-12(15(9)14)16(5-10)6-13(17)18-7-16;1-8-2-9-3-11(8)15-12-4-10(14(9)15)5-16(12)6-13(17)18-7-16;1-6-7(2)9-3-8(6)13-10-4-11(14(9)13)15-12(10)5-18-16(15)17;1-6-2-7-3-8(6)13-9-4-10(12(7)13)14-11(9)5-17-15(14)16;1-6-2-7-3-8(6)13-10-4-9(12(7)13)11-5-17-15(16)14(10)11;1-7-8(2)10-5-9(7)6-12(10)3-4-14-11(12)13/h6-15,17H,2-5H2,1H3;2*8-12,14-15H,2-7H2,1H3;6-15H,3-5H2,1-2H3;2*6-14H,2-5H2,1H3;7-10H,3-6H2,1-2H3. The molecule has 0 aromatic heterocycles. The van der Waals surface area contributed by atoms with Crippen LogP contribution < -0.4 is 0 Å². The molecule has 33 aliphatic rings. The normalized spacial score (nSPS) is 64.2. The highest BCUT2D eigenvalue weighted by Gasteiger charge is 2.78. The van der Waals surface area contributed by atoms with Crippen molar-refractivity contribution < 1.29 is 71.8 Å². The monoisotopic (exact) mass is 1660 g/mol. The zero-order valence-electron chi connectivity index (χ0n) is 74.4. The number of fused-ring (bicyclic) bond motifs is 71. The summed E-state index contributed by atoms with van der Waals surface area (Å²) in [6.07, 6.45) is 30.3. The second-order valence-corrected chi connectivity index (χ2v) is 52.1. The Bertz CT molecular complexity index is 4320. The molecule has 26 aliphatic carbocycles. The molecule has 26 saturated carbocycles. The number of hydrogen-bond donors (Lipinski definition) is 1. The van der Waals surface area contributed by atoms with E-state index in [1.54, 1.807) is 0 Å². The van der Waals surface area contributed by atoms with Crippen molar-refractivity contribution >= 4 is 41.8 Å². The van der Waals surface area contributed by atoms with Crippen molar-refractivity contribution in [1.82, 2.24) is 0 Å². The highest BCUT2D eigenvalue weighted by molar-refractivity contribution is 5.80. The maximum absolute atomic E-state index is 12.0. The van der Waals surface area contributed by atoms with Gasteiger partial charge in [-0.2, -0.15) is 0 Å². The van der Waals surface area contributed by atoms with Gasteiger partial charge in [-0.05, 0) is 419 Å². The molecule has 15 nitrogen and oxygen atoms in total. The first-order valence-corrected chi connectivity index (χ1v) is 52.2. The lowest BCUT2D eigenvalue weighted by Crippen LogP contribution is -2.44. The highest BCUT2D eigenvalue weighted by atomic mass is 16.6. The van der Waals surface area contributed by atoms with Crippen LogP contribution in [0.4, 0.5) is 0 Å². The number of aliphatic hydroxyl groups excluding tert-OH is 1. The summed E-state index contributed by atoms with van der Waals surface area (Å²) in [4.78, 5) is 82.7. The lowest BCUT2D eigenvalue weighted by molar-refractivity contribution is -0.150. The van der Waals surface area contributed by atoms with Crippen molar-refractivity contribution in [2.24, 2.45) is 348 Å². The van der Waals surface area contributed by atoms with Crippen molar-refractivity contribution in [2.45, 2.75) is 210 Å². The number of esters is 7. The molecule has 33 fully saturated rings. The summed E-state index contributed by atoms with van der Waals surface area (Å²) >= 11 is 0. The molecule has 59 unspecified atom stereocenters. The summed E-state index contributed by atoms with van der Waals surface area (Å²) < 4.78 is 37.3. The third-order valence-electron chi connectivity index (χ3n) is 50.2. The molecule has 59 atom stereocenters. The van der Waals surface area contributed by atoms with Crippen LogP contribution in [0.25, 0.3) is 0 Å². The SMILES string of the molecule is CC1C(C)C2CC1C1C3CC(C4C(=O)OCC34)C21.CC1C(CO)C2CC1C1C3CC(C4COC(=O)C43)C21.CC1C2CC(C1C)C1(CCOC1=O)C2.CC1CC2CC1C1C2C2CC1C1(COC(=O)C1)C2.CC1CC2CC1C1C3CC(C21)C1(COC(=O)C1)C3.CC1CC2CC1C1C3CC(C4C(=O)OCC34)C21.CC1CC2CC1C1C3CC(C4COC(=O)C43)C21. The second-order valence-electron chi connectivity index (χ2n) is 52.1. The molecule has 33 rings (SSSR count). The Labute approximate surface area is 720 Å². The topological polar surface area (TPSA) is 204 Å². The summed E-state index contributed by atoms with van der Waals surface area (Å²) in [6, 6.07) is 0. The zero-order valence-corrected chi connectivity index (χ0v) is 74.4. The van der Waals surface area contributed by atoms with E-state index in [4.69, 9.17) is 33.2 Å². The first-order chi connectivity index (χ1) is 58.4. The molecule has 0 aromatic rings. The molecular weight excluding hydrogens is 1510 g/mol. The van der Waals surface area contributed by atoms with Gasteiger partial charge >= 0.3 is 41.8 Å². The van der Waals surface area contributed by atoms with E-state index in [0.29, 0.717) is 103 Å². The van der Waals surface area contributed by atoms with E-state index in [1.807, 2.05) is 0 Å². The van der Waals surface area contributed by atoms with Crippen molar-refractivity contribution in [2.75, 3.05) is 52.9 Å². The van der Waals surface area contributed by atoms with Crippen molar-refractivity contribution in [3.8, 4) is 0 Å². The number of rotatable bonds is 1. The average molecular weight is 1660 g/mol. The Morgan fingerprint density at radius 1 is 0.281 bits per heavy atom. The largest absolute Gasteiger partial charge is 0.465 e. The Morgan fingerprint density at radius 2 is 0.636 bits per heavy atom. The predicted octanol–water partition coefficient (Wildman–Crippen LogP) is 16.8. The van der Waals surface area contributed by atoms with E-state index in [9.17, 15) is 38.7 Å². The maximum Gasteiger partial charge on any atom is 0.312 e. The van der Waals surface area contributed by atoms with E-state index in [1.165, 1.54) is 122 Å². The van der Waals surface area contributed by atoms with Gasteiger partial charge in [0, 0.05) is 41.1 Å². The smallest absolute Gasteiger partial charge is 0.312 e. The number of carbonyl (C=O) groups is 7. The van der Waals surface area contributed by atoms with Crippen LogP contribution in [0, 0.1) is 348 Å². The fraction of sp³-hybridized carbons (Fsp3) is 0.934. The minimum absolute atomic E-state index is 0.0450. The third-order valence-corrected chi connectivity index (χ3v) is 50.2. The van der Waals surface area contributed by atoms with E-state index in [0.717, 1.165) is 301 Å². The van der Waals surface area contributed by atoms with Gasteiger partial charge in [-0.15, -0.1) is 0 Å². The summed E-state index contributed by atoms with van der Waals surface area (Å²) in [6.45, 7) is 27.3. The number of aliphatic hydroxyl groups is 1. The first kappa shape index (κ1) is 77.2. The minimum atomic E-state index is -0.0450. The molecule has 0 radical (unpaired) electrons. The molecule has 0 amide bonds. The quantitative estimate of drug-likeness (QED) is 0.147. The Hall–Kier alpha value is -3.75. The fourth-order valence-electron chi connectivity index (χ4n) is 47.1. The molecule has 7 saturated heterocycles. The number of ether oxygens (including phenoxy) is 7. The predicted molar refractivity (Wildman–Crippen MR) is 444 cm³/mol. The van der Waals surface area contributed by atoms with Gasteiger partial charge in [0.2, 0.25) is 0 Å². The summed E-state index contributed by atoms with van der Waals surface area (Å²) in [7, 11) is 0. The second kappa shape index (κ2) is 26.5. The molecule has 7 aliphatic heterocycles. The van der Waals surface area contributed by atoms with E-state index in [-0.39, 0.29) is 63.9 Å². The first-order valence-electron chi connectivity index (χ1n) is 52.2. The molecule has 121 heavy (non-hydrogen) atoms. The average Bonchev–Trinajstić information content (AvgIpc) is 1.51. The fourth-order valence-corrected chi connectivity index (χ4v) is 47.1. The minimum Gasteiger partial charge on any atom is -0.465 e. The van der Waals surface area contributed by atoms with Crippen LogP contribution in [-0.2, 0) is 66.7 Å². The molecule has 0 aromatic carbocycles. The lowest BCUT2D eigenvalue weighted by Gasteiger charge is -2.44. The number of hydrogen-bond acceptors (Lipinski definition) is 15. The van der Waals surface area contributed by atoms with Crippen LogP contribution in [0.5, 0.6) is 0 Å². The summed E-state index contributed by atoms with van der Waals surface area (Å²) in [5.74, 6) is 46.3. The van der Waals surface area contributed by atoms with Crippen LogP contribution in [0.3, 0.4) is 0 Å².